The summed E-state index contributed by atoms with van der Waals surface area (Å²) in [5, 5.41) is 8.75. The molecule has 1 aromatic heterocycles. The molecule has 0 bridgehead atoms. The molecule has 3 N–H and O–H groups in total. The number of carboxylic acids is 1. The molecule has 2 heterocycles. The van der Waals surface area contributed by atoms with E-state index in [0.29, 0.717) is 5.56 Å². The standard InChI is InChI=1S/C12H10N2O3.C8H11N.ClH/c15-11(10-2-1-5-13-8-10)14-6-3-9(4-7-14)12(16)17;1-6-4-3-5-7(2)8(6)9;/h1-6,8H,7H2,(H,16,17);3-5H,9H2,1-2H3;1H. The molecule has 0 spiro atoms. The Bertz CT molecular complexity index is 844. The Labute approximate surface area is 164 Å². The zero-order chi connectivity index (χ0) is 19.1. The van der Waals surface area contributed by atoms with Gasteiger partial charge in [-0.1, -0.05) is 24.3 Å². The molecule has 6 nitrogen and oxygen atoms in total. The summed E-state index contributed by atoms with van der Waals surface area (Å²) in [5.41, 5.74) is 9.59. The highest BCUT2D eigenvalue weighted by atomic mass is 35.5. The molecule has 0 saturated heterocycles. The lowest BCUT2D eigenvalue weighted by Gasteiger charge is -2.19. The molecule has 0 saturated carbocycles. The fourth-order valence-electron chi connectivity index (χ4n) is 2.29. The van der Waals surface area contributed by atoms with Crippen LogP contribution >= 0.6 is 12.4 Å². The number of carboxylic acid groups (broad SMARTS) is 1. The first-order chi connectivity index (χ1) is 12.4. The number of halogens is 1. The second-order valence-electron chi connectivity index (χ2n) is 5.79. The third kappa shape index (κ3) is 5.97. The Morgan fingerprint density at radius 1 is 1.15 bits per heavy atom. The number of nitrogens with zero attached hydrogens (tertiary/aromatic N) is 2. The minimum absolute atomic E-state index is 0. The van der Waals surface area contributed by atoms with Crippen molar-refractivity contribution in [3.05, 3.63) is 83.3 Å². The number of anilines is 1. The molecule has 0 radical (unpaired) electrons. The summed E-state index contributed by atoms with van der Waals surface area (Å²) >= 11 is 0. The smallest absolute Gasteiger partial charge is 0.335 e. The van der Waals surface area contributed by atoms with Crippen LogP contribution in [0.5, 0.6) is 0 Å². The van der Waals surface area contributed by atoms with Crippen LogP contribution in [0.15, 0.2) is 66.7 Å². The van der Waals surface area contributed by atoms with E-state index in [2.05, 4.69) is 4.98 Å². The number of benzene rings is 1. The van der Waals surface area contributed by atoms with Crippen molar-refractivity contribution in [1.82, 2.24) is 9.88 Å². The number of hydrogen-bond acceptors (Lipinski definition) is 4. The summed E-state index contributed by atoms with van der Waals surface area (Å²) in [4.78, 5) is 27.9. The van der Waals surface area contributed by atoms with Gasteiger partial charge in [-0.05, 0) is 43.2 Å². The summed E-state index contributed by atoms with van der Waals surface area (Å²) < 4.78 is 0. The number of aryl methyl sites for hydroxylation is 2. The Kier molecular flexibility index (Phi) is 8.23. The number of rotatable bonds is 2. The number of carbonyl (C=O) groups excluding carboxylic acids is 1. The van der Waals surface area contributed by atoms with Gasteiger partial charge in [0.15, 0.2) is 0 Å². The van der Waals surface area contributed by atoms with Crippen molar-refractivity contribution in [2.75, 3.05) is 12.3 Å². The predicted molar refractivity (Wildman–Crippen MR) is 108 cm³/mol. The quantitative estimate of drug-likeness (QED) is 0.770. The highest BCUT2D eigenvalue weighted by molar-refractivity contribution is 5.96. The first kappa shape index (κ1) is 21.9. The maximum Gasteiger partial charge on any atom is 0.335 e. The molecule has 1 aromatic carbocycles. The van der Waals surface area contributed by atoms with Gasteiger partial charge in [0.1, 0.15) is 0 Å². The second kappa shape index (κ2) is 10.1. The number of aliphatic carboxylic acids is 1. The van der Waals surface area contributed by atoms with Gasteiger partial charge >= 0.3 is 5.97 Å². The number of aromatic nitrogens is 1. The van der Waals surface area contributed by atoms with Crippen molar-refractivity contribution >= 4 is 30.0 Å². The molecule has 1 aliphatic rings. The number of para-hydroxylation sites is 1. The Morgan fingerprint density at radius 2 is 1.81 bits per heavy atom. The van der Waals surface area contributed by atoms with E-state index in [-0.39, 0.29) is 30.4 Å². The van der Waals surface area contributed by atoms with Gasteiger partial charge in [0.25, 0.3) is 5.91 Å². The van der Waals surface area contributed by atoms with Crippen LogP contribution in [0.2, 0.25) is 0 Å². The average molecular weight is 388 g/mol. The van der Waals surface area contributed by atoms with Crippen LogP contribution in [0, 0.1) is 13.8 Å². The van der Waals surface area contributed by atoms with Gasteiger partial charge in [-0.3, -0.25) is 9.78 Å². The number of nitrogen functional groups attached to an aromatic ring is 1. The summed E-state index contributed by atoms with van der Waals surface area (Å²) in [6.45, 7) is 4.29. The lowest BCUT2D eigenvalue weighted by atomic mass is 10.1. The second-order valence-corrected chi connectivity index (χ2v) is 5.79. The van der Waals surface area contributed by atoms with Gasteiger partial charge < -0.3 is 15.7 Å². The monoisotopic (exact) mass is 387 g/mol. The van der Waals surface area contributed by atoms with E-state index < -0.39 is 5.97 Å². The van der Waals surface area contributed by atoms with Crippen LogP contribution in [-0.2, 0) is 4.79 Å². The SMILES string of the molecule is Cc1cccc(C)c1N.Cl.O=C(O)C1=CCN(C(=O)c2cccnc2)C=C1. The van der Waals surface area contributed by atoms with Crippen molar-refractivity contribution in [2.24, 2.45) is 0 Å². The van der Waals surface area contributed by atoms with Crippen LogP contribution in [0.4, 0.5) is 5.69 Å². The van der Waals surface area contributed by atoms with E-state index in [1.807, 2.05) is 32.0 Å². The normalized spacial score (nSPS) is 12.2. The summed E-state index contributed by atoms with van der Waals surface area (Å²) in [6, 6.07) is 9.39. The molecule has 2 aromatic rings. The zero-order valence-corrected chi connectivity index (χ0v) is 15.9. The molecule has 0 unspecified atom stereocenters. The molecule has 0 atom stereocenters. The zero-order valence-electron chi connectivity index (χ0n) is 15.1. The molecule has 142 valence electrons. The molecule has 0 aliphatic carbocycles. The number of hydrogen-bond donors (Lipinski definition) is 2. The molecule has 7 heteroatoms. The Morgan fingerprint density at radius 3 is 2.26 bits per heavy atom. The van der Waals surface area contributed by atoms with E-state index in [9.17, 15) is 9.59 Å². The average Bonchev–Trinajstić information content (AvgIpc) is 2.67. The minimum Gasteiger partial charge on any atom is -0.478 e. The van der Waals surface area contributed by atoms with Crippen molar-refractivity contribution in [3.8, 4) is 0 Å². The number of carbonyl (C=O) groups is 2. The third-order valence-electron chi connectivity index (χ3n) is 3.90. The summed E-state index contributed by atoms with van der Waals surface area (Å²) in [6.07, 6.45) is 7.44. The molecular formula is C20H22ClN3O3. The third-order valence-corrected chi connectivity index (χ3v) is 3.90. The van der Waals surface area contributed by atoms with Crippen molar-refractivity contribution < 1.29 is 14.7 Å². The van der Waals surface area contributed by atoms with Crippen LogP contribution < -0.4 is 5.73 Å². The van der Waals surface area contributed by atoms with Gasteiger partial charge in [-0.15, -0.1) is 12.4 Å². The van der Waals surface area contributed by atoms with E-state index in [0.717, 1.165) is 16.8 Å². The maximum absolute atomic E-state index is 11.9. The fourth-order valence-corrected chi connectivity index (χ4v) is 2.29. The lowest BCUT2D eigenvalue weighted by Crippen LogP contribution is -2.28. The highest BCUT2D eigenvalue weighted by Gasteiger charge is 2.16. The Hall–Kier alpha value is -3.12. The van der Waals surface area contributed by atoms with E-state index in [1.165, 1.54) is 29.4 Å². The number of nitrogens with two attached hydrogens (primary N) is 1. The first-order valence-corrected chi connectivity index (χ1v) is 8.04. The fraction of sp³-hybridized carbons (Fsp3) is 0.150. The number of amides is 1. The molecule has 27 heavy (non-hydrogen) atoms. The highest BCUT2D eigenvalue weighted by Crippen LogP contribution is 2.14. The van der Waals surface area contributed by atoms with Gasteiger partial charge in [-0.25, -0.2) is 4.79 Å². The van der Waals surface area contributed by atoms with Gasteiger partial charge in [0.2, 0.25) is 0 Å². The largest absolute Gasteiger partial charge is 0.478 e. The first-order valence-electron chi connectivity index (χ1n) is 8.04. The maximum atomic E-state index is 11.9. The van der Waals surface area contributed by atoms with Gasteiger partial charge in [-0.2, -0.15) is 0 Å². The van der Waals surface area contributed by atoms with Crippen LogP contribution in [-0.4, -0.2) is 33.4 Å². The van der Waals surface area contributed by atoms with Crippen LogP contribution in [0.1, 0.15) is 21.5 Å². The van der Waals surface area contributed by atoms with Crippen LogP contribution in [0.25, 0.3) is 0 Å². The molecule has 0 fully saturated rings. The van der Waals surface area contributed by atoms with Crippen molar-refractivity contribution in [2.45, 2.75) is 13.8 Å². The van der Waals surface area contributed by atoms with E-state index >= 15 is 0 Å². The lowest BCUT2D eigenvalue weighted by molar-refractivity contribution is -0.132. The van der Waals surface area contributed by atoms with Gasteiger partial charge in [0.05, 0.1) is 11.1 Å². The molecule has 3 rings (SSSR count). The summed E-state index contributed by atoms with van der Waals surface area (Å²) in [7, 11) is 0. The Balaban J connectivity index is 0.000000310. The van der Waals surface area contributed by atoms with Crippen molar-refractivity contribution in [1.29, 1.82) is 0 Å². The minimum atomic E-state index is -0.991. The molecular weight excluding hydrogens is 366 g/mol. The van der Waals surface area contributed by atoms with Crippen LogP contribution in [0.3, 0.4) is 0 Å². The predicted octanol–water partition coefficient (Wildman–Crippen LogP) is 3.37. The topological polar surface area (TPSA) is 96.5 Å². The van der Waals surface area contributed by atoms with E-state index in [1.54, 1.807) is 18.3 Å². The summed E-state index contributed by atoms with van der Waals surface area (Å²) in [5.74, 6) is -1.19. The number of pyridine rings is 1. The van der Waals surface area contributed by atoms with Crippen molar-refractivity contribution in [3.63, 3.8) is 0 Å². The van der Waals surface area contributed by atoms with Gasteiger partial charge in [0, 0.05) is 30.8 Å². The molecule has 1 aliphatic heterocycles. The molecule has 1 amide bonds. The van der Waals surface area contributed by atoms with E-state index in [4.69, 9.17) is 10.8 Å².